The zero-order valence-electron chi connectivity index (χ0n) is 8.44. The molecule has 0 saturated carbocycles. The first kappa shape index (κ1) is 13.2. The fourth-order valence-corrected chi connectivity index (χ4v) is 2.52. The minimum atomic E-state index is -3.85. The van der Waals surface area contributed by atoms with Gasteiger partial charge in [-0.3, -0.25) is 0 Å². The summed E-state index contributed by atoms with van der Waals surface area (Å²) in [5, 5.41) is 0. The van der Waals surface area contributed by atoms with Crippen molar-refractivity contribution in [1.82, 2.24) is 4.31 Å². The molecule has 16 heavy (non-hydrogen) atoms. The van der Waals surface area contributed by atoms with E-state index in [0.29, 0.717) is 4.47 Å². The lowest BCUT2D eigenvalue weighted by molar-refractivity contribution is 0.492. The highest BCUT2D eigenvalue weighted by Gasteiger charge is 2.23. The molecule has 0 unspecified atom stereocenters. The summed E-state index contributed by atoms with van der Waals surface area (Å²) in [6.45, 7) is -0.0994. The third-order valence-corrected chi connectivity index (χ3v) is 4.23. The number of rotatable bonds is 3. The van der Waals surface area contributed by atoms with Crippen molar-refractivity contribution in [2.45, 2.75) is 4.90 Å². The van der Waals surface area contributed by atoms with Gasteiger partial charge in [0.25, 0.3) is 0 Å². The normalized spacial score (nSPS) is 11.4. The first-order valence-electron chi connectivity index (χ1n) is 4.24. The van der Waals surface area contributed by atoms with E-state index in [1.807, 2.05) is 0 Å². The third-order valence-electron chi connectivity index (χ3n) is 1.90. The van der Waals surface area contributed by atoms with Crippen LogP contribution >= 0.6 is 15.9 Å². The minimum absolute atomic E-state index is 0.0994. The summed E-state index contributed by atoms with van der Waals surface area (Å²) < 4.78 is 38.5. The van der Waals surface area contributed by atoms with E-state index < -0.39 is 15.8 Å². The van der Waals surface area contributed by atoms with Crippen LogP contribution in [0.3, 0.4) is 0 Å². The molecule has 0 spiro atoms. The highest BCUT2D eigenvalue weighted by Crippen LogP contribution is 2.21. The number of benzene rings is 1. The predicted molar refractivity (Wildman–Crippen MR) is 62.7 cm³/mol. The quantitative estimate of drug-likeness (QED) is 0.799. The van der Waals surface area contributed by atoms with Crippen molar-refractivity contribution < 1.29 is 12.8 Å². The van der Waals surface area contributed by atoms with E-state index in [2.05, 4.69) is 21.9 Å². The summed E-state index contributed by atoms with van der Waals surface area (Å²) in [5.74, 6) is 1.38. The van der Waals surface area contributed by atoms with Gasteiger partial charge in [0.2, 0.25) is 10.0 Å². The van der Waals surface area contributed by atoms with Gasteiger partial charge < -0.3 is 0 Å². The molecule has 0 heterocycles. The van der Waals surface area contributed by atoms with Crippen LogP contribution in [0.15, 0.2) is 27.6 Å². The lowest BCUT2D eigenvalue weighted by Gasteiger charge is -2.14. The van der Waals surface area contributed by atoms with E-state index in [1.54, 1.807) is 0 Å². The van der Waals surface area contributed by atoms with Gasteiger partial charge in [0.1, 0.15) is 10.7 Å². The molecule has 0 N–H and O–H groups in total. The second-order valence-electron chi connectivity index (χ2n) is 3.04. The standard InChI is InChI=1S/C10H9BrFNO2S/c1-3-6-13(2)16(14,15)10-5-4-8(11)7-9(10)12/h1,4-5,7H,6H2,2H3. The zero-order valence-corrected chi connectivity index (χ0v) is 10.8. The second-order valence-corrected chi connectivity index (χ2v) is 5.97. The summed E-state index contributed by atoms with van der Waals surface area (Å²) >= 11 is 3.05. The van der Waals surface area contributed by atoms with E-state index in [0.717, 1.165) is 10.4 Å². The van der Waals surface area contributed by atoms with Crippen LogP contribution in [0.2, 0.25) is 0 Å². The summed E-state index contributed by atoms with van der Waals surface area (Å²) in [6.07, 6.45) is 5.01. The molecule has 0 aliphatic rings. The van der Waals surface area contributed by atoms with Gasteiger partial charge in [0.05, 0.1) is 6.54 Å². The van der Waals surface area contributed by atoms with Crippen molar-refractivity contribution in [2.75, 3.05) is 13.6 Å². The molecule has 1 aromatic rings. The summed E-state index contributed by atoms with van der Waals surface area (Å²) in [4.78, 5) is -0.381. The van der Waals surface area contributed by atoms with E-state index in [-0.39, 0.29) is 11.4 Å². The maximum Gasteiger partial charge on any atom is 0.246 e. The minimum Gasteiger partial charge on any atom is -0.207 e. The van der Waals surface area contributed by atoms with E-state index in [1.165, 1.54) is 19.2 Å². The van der Waals surface area contributed by atoms with Crippen LogP contribution in [0.4, 0.5) is 4.39 Å². The Bertz CT molecular complexity index is 536. The number of nitrogens with zero attached hydrogens (tertiary/aromatic N) is 1. The van der Waals surface area contributed by atoms with Gasteiger partial charge in [-0.15, -0.1) is 6.42 Å². The Balaban J connectivity index is 3.23. The topological polar surface area (TPSA) is 37.4 Å². The van der Waals surface area contributed by atoms with Gasteiger partial charge >= 0.3 is 0 Å². The summed E-state index contributed by atoms with van der Waals surface area (Å²) in [5.41, 5.74) is 0. The first-order valence-corrected chi connectivity index (χ1v) is 6.47. The zero-order chi connectivity index (χ0) is 12.3. The molecular formula is C10H9BrFNO2S. The molecule has 0 aliphatic heterocycles. The van der Waals surface area contributed by atoms with Crippen LogP contribution in [0.5, 0.6) is 0 Å². The Kier molecular flexibility index (Phi) is 4.08. The first-order chi connectivity index (χ1) is 7.39. The molecule has 3 nitrogen and oxygen atoms in total. The maximum atomic E-state index is 13.5. The molecule has 0 amide bonds. The molecule has 0 atom stereocenters. The fraction of sp³-hybridized carbons (Fsp3) is 0.200. The fourth-order valence-electron chi connectivity index (χ4n) is 1.07. The van der Waals surface area contributed by atoms with Crippen molar-refractivity contribution in [3.05, 3.63) is 28.5 Å². The van der Waals surface area contributed by atoms with E-state index in [9.17, 15) is 12.8 Å². The average Bonchev–Trinajstić information content (AvgIpc) is 2.17. The van der Waals surface area contributed by atoms with Crippen LogP contribution in [-0.4, -0.2) is 26.3 Å². The Labute approximate surface area is 102 Å². The van der Waals surface area contributed by atoms with Gasteiger partial charge in [-0.2, -0.15) is 4.31 Å². The Morgan fingerprint density at radius 1 is 1.56 bits per heavy atom. The molecule has 0 saturated heterocycles. The second kappa shape index (κ2) is 4.95. The Hall–Kier alpha value is -0.900. The Morgan fingerprint density at radius 3 is 2.69 bits per heavy atom. The third kappa shape index (κ3) is 2.61. The molecule has 0 radical (unpaired) electrons. The molecule has 0 bridgehead atoms. The lowest BCUT2D eigenvalue weighted by Crippen LogP contribution is -2.27. The highest BCUT2D eigenvalue weighted by atomic mass is 79.9. The molecular weight excluding hydrogens is 297 g/mol. The van der Waals surface area contributed by atoms with E-state index >= 15 is 0 Å². The van der Waals surface area contributed by atoms with Crippen molar-refractivity contribution in [3.8, 4) is 12.3 Å². The van der Waals surface area contributed by atoms with Gasteiger partial charge in [-0.25, -0.2) is 12.8 Å². The molecule has 1 aromatic carbocycles. The SMILES string of the molecule is C#CCN(C)S(=O)(=O)c1ccc(Br)cc1F. The number of terminal acetylenes is 1. The van der Waals surface area contributed by atoms with Crippen molar-refractivity contribution in [1.29, 1.82) is 0 Å². The molecule has 0 aromatic heterocycles. The average molecular weight is 306 g/mol. The van der Waals surface area contributed by atoms with Crippen LogP contribution in [-0.2, 0) is 10.0 Å². The van der Waals surface area contributed by atoms with Gasteiger partial charge in [-0.1, -0.05) is 21.9 Å². The molecule has 1 rings (SSSR count). The highest BCUT2D eigenvalue weighted by molar-refractivity contribution is 9.10. The van der Waals surface area contributed by atoms with E-state index in [4.69, 9.17) is 6.42 Å². The van der Waals surface area contributed by atoms with Gasteiger partial charge in [0.15, 0.2) is 0 Å². The number of hydrogen-bond donors (Lipinski definition) is 0. The van der Waals surface area contributed by atoms with Crippen LogP contribution < -0.4 is 0 Å². The smallest absolute Gasteiger partial charge is 0.207 e. The molecule has 0 fully saturated rings. The monoisotopic (exact) mass is 305 g/mol. The maximum absolute atomic E-state index is 13.5. The number of halogens is 2. The summed E-state index contributed by atoms with van der Waals surface area (Å²) in [7, 11) is -2.55. The Morgan fingerprint density at radius 2 is 2.19 bits per heavy atom. The molecule has 6 heteroatoms. The van der Waals surface area contributed by atoms with Crippen molar-refractivity contribution in [3.63, 3.8) is 0 Å². The van der Waals surface area contributed by atoms with Crippen LogP contribution in [0.1, 0.15) is 0 Å². The number of sulfonamides is 1. The van der Waals surface area contributed by atoms with Gasteiger partial charge in [-0.05, 0) is 18.2 Å². The lowest BCUT2D eigenvalue weighted by atomic mass is 10.3. The van der Waals surface area contributed by atoms with Crippen LogP contribution in [0.25, 0.3) is 0 Å². The van der Waals surface area contributed by atoms with Gasteiger partial charge in [0, 0.05) is 11.5 Å². The molecule has 0 aliphatic carbocycles. The number of hydrogen-bond acceptors (Lipinski definition) is 2. The van der Waals surface area contributed by atoms with Crippen LogP contribution in [0, 0.1) is 18.2 Å². The molecule has 86 valence electrons. The van der Waals surface area contributed by atoms with Crippen molar-refractivity contribution in [2.24, 2.45) is 0 Å². The summed E-state index contributed by atoms with van der Waals surface area (Å²) in [6, 6.07) is 3.75. The van der Waals surface area contributed by atoms with Crippen molar-refractivity contribution >= 4 is 26.0 Å². The predicted octanol–water partition coefficient (Wildman–Crippen LogP) is 1.84. The largest absolute Gasteiger partial charge is 0.246 e.